The molecule has 1 saturated heterocycles. The molecule has 1 aromatic carbocycles. The first-order valence-corrected chi connectivity index (χ1v) is 6.33. The van der Waals surface area contributed by atoms with Crippen LogP contribution < -0.4 is 10.6 Å². The standard InChI is InChI=1S/C14H17N3O/c1-9-5-3-4-6-11(9)14(2)12(18)16-13(17-14)15-10-7-8-10/h3-6,10H,7-8H2,1-2H3,(H2,15,16,17,18). The first-order chi connectivity index (χ1) is 8.59. The predicted molar refractivity (Wildman–Crippen MR) is 70.3 cm³/mol. The number of nitrogens with one attached hydrogen (secondary N) is 2. The number of benzene rings is 1. The Hall–Kier alpha value is -1.84. The lowest BCUT2D eigenvalue weighted by molar-refractivity contribution is -0.123. The molecular weight excluding hydrogens is 226 g/mol. The third-order valence-corrected chi connectivity index (χ3v) is 3.60. The smallest absolute Gasteiger partial charge is 0.256 e. The van der Waals surface area contributed by atoms with Gasteiger partial charge in [0.1, 0.15) is 5.54 Å². The van der Waals surface area contributed by atoms with Crippen LogP contribution in [-0.4, -0.2) is 17.9 Å². The highest BCUT2D eigenvalue weighted by Crippen LogP contribution is 2.28. The molecule has 1 aliphatic carbocycles. The molecule has 2 N–H and O–H groups in total. The molecule has 18 heavy (non-hydrogen) atoms. The van der Waals surface area contributed by atoms with Crippen molar-refractivity contribution in [2.45, 2.75) is 38.3 Å². The number of carbonyl (C=O) groups is 1. The van der Waals surface area contributed by atoms with E-state index in [1.54, 1.807) is 0 Å². The minimum absolute atomic E-state index is 0.0313. The van der Waals surface area contributed by atoms with E-state index in [0.717, 1.165) is 24.0 Å². The van der Waals surface area contributed by atoms with Gasteiger partial charge in [0.2, 0.25) is 0 Å². The van der Waals surface area contributed by atoms with Crippen molar-refractivity contribution in [1.82, 2.24) is 10.6 Å². The van der Waals surface area contributed by atoms with Gasteiger partial charge in [0.25, 0.3) is 5.91 Å². The molecule has 2 fully saturated rings. The number of rotatable bonds is 2. The Balaban J connectivity index is 1.95. The molecule has 0 radical (unpaired) electrons. The van der Waals surface area contributed by atoms with Crippen LogP contribution in [0.25, 0.3) is 0 Å². The van der Waals surface area contributed by atoms with Gasteiger partial charge in [0.05, 0.1) is 6.04 Å². The molecule has 1 unspecified atom stereocenters. The molecule has 1 heterocycles. The number of aryl methyl sites for hydroxylation is 1. The van der Waals surface area contributed by atoms with Crippen LogP contribution in [0.15, 0.2) is 29.3 Å². The minimum atomic E-state index is -0.709. The molecule has 2 aliphatic rings. The molecule has 1 aromatic rings. The van der Waals surface area contributed by atoms with E-state index in [1.807, 2.05) is 38.1 Å². The van der Waals surface area contributed by atoms with Crippen LogP contribution in [0.4, 0.5) is 0 Å². The zero-order chi connectivity index (χ0) is 12.8. The van der Waals surface area contributed by atoms with E-state index in [2.05, 4.69) is 15.6 Å². The fourth-order valence-corrected chi connectivity index (χ4v) is 2.33. The number of amides is 1. The molecule has 1 amide bonds. The molecule has 1 aliphatic heterocycles. The summed E-state index contributed by atoms with van der Waals surface area (Å²) in [6.07, 6.45) is 2.25. The summed E-state index contributed by atoms with van der Waals surface area (Å²) >= 11 is 0. The maximum absolute atomic E-state index is 12.2. The van der Waals surface area contributed by atoms with Crippen LogP contribution in [0.2, 0.25) is 0 Å². The van der Waals surface area contributed by atoms with Crippen LogP contribution in [0.1, 0.15) is 30.9 Å². The summed E-state index contributed by atoms with van der Waals surface area (Å²) in [7, 11) is 0. The number of aliphatic imine (C=N–C) groups is 1. The van der Waals surface area contributed by atoms with Crippen molar-refractivity contribution in [3.8, 4) is 0 Å². The third-order valence-electron chi connectivity index (χ3n) is 3.60. The highest BCUT2D eigenvalue weighted by Gasteiger charge is 2.43. The molecule has 1 saturated carbocycles. The largest absolute Gasteiger partial charge is 0.338 e. The van der Waals surface area contributed by atoms with Crippen LogP contribution in [0, 0.1) is 6.92 Å². The van der Waals surface area contributed by atoms with E-state index < -0.39 is 5.54 Å². The highest BCUT2D eigenvalue weighted by molar-refractivity contribution is 6.09. The summed E-state index contributed by atoms with van der Waals surface area (Å²) in [5.74, 6) is 0.587. The Bertz CT molecular complexity index is 534. The van der Waals surface area contributed by atoms with Crippen molar-refractivity contribution in [3.63, 3.8) is 0 Å². The molecule has 3 rings (SSSR count). The van der Waals surface area contributed by atoms with Gasteiger partial charge in [-0.25, -0.2) is 4.99 Å². The van der Waals surface area contributed by atoms with Crippen molar-refractivity contribution in [2.24, 2.45) is 4.99 Å². The molecule has 0 spiro atoms. The van der Waals surface area contributed by atoms with Gasteiger partial charge in [-0.3, -0.25) is 10.1 Å². The van der Waals surface area contributed by atoms with Gasteiger partial charge in [-0.2, -0.15) is 0 Å². The Labute approximate surface area is 106 Å². The lowest BCUT2D eigenvalue weighted by atomic mass is 9.89. The van der Waals surface area contributed by atoms with Crippen molar-refractivity contribution < 1.29 is 4.79 Å². The first-order valence-electron chi connectivity index (χ1n) is 6.33. The lowest BCUT2D eigenvalue weighted by Crippen LogP contribution is -2.41. The van der Waals surface area contributed by atoms with E-state index in [1.165, 1.54) is 0 Å². The van der Waals surface area contributed by atoms with E-state index in [0.29, 0.717) is 12.0 Å². The fraction of sp³-hybridized carbons (Fsp3) is 0.429. The summed E-state index contributed by atoms with van der Waals surface area (Å²) in [6, 6.07) is 8.34. The molecule has 4 nitrogen and oxygen atoms in total. The maximum Gasteiger partial charge on any atom is 0.256 e. The average Bonchev–Trinajstić information content (AvgIpc) is 3.07. The van der Waals surface area contributed by atoms with Crippen LogP contribution in [0.5, 0.6) is 0 Å². The predicted octanol–water partition coefficient (Wildman–Crippen LogP) is 1.45. The second-order valence-corrected chi connectivity index (χ2v) is 5.23. The number of guanidine groups is 1. The Morgan fingerprint density at radius 3 is 2.72 bits per heavy atom. The zero-order valence-electron chi connectivity index (χ0n) is 10.7. The second kappa shape index (κ2) is 3.83. The quantitative estimate of drug-likeness (QED) is 0.826. The SMILES string of the molecule is Cc1ccccc1C1(C)NC(=NC2CC2)NC1=O. The van der Waals surface area contributed by atoms with Gasteiger partial charge in [-0.15, -0.1) is 0 Å². The summed E-state index contributed by atoms with van der Waals surface area (Å²) < 4.78 is 0. The van der Waals surface area contributed by atoms with E-state index >= 15 is 0 Å². The number of carbonyl (C=O) groups excluding carboxylic acids is 1. The second-order valence-electron chi connectivity index (χ2n) is 5.23. The van der Waals surface area contributed by atoms with Crippen LogP contribution in [0.3, 0.4) is 0 Å². The maximum atomic E-state index is 12.2. The average molecular weight is 243 g/mol. The molecule has 94 valence electrons. The topological polar surface area (TPSA) is 53.5 Å². The Morgan fingerprint density at radius 2 is 2.06 bits per heavy atom. The lowest BCUT2D eigenvalue weighted by Gasteiger charge is -2.23. The van der Waals surface area contributed by atoms with E-state index in [9.17, 15) is 4.79 Å². The normalized spacial score (nSPS) is 29.2. The highest BCUT2D eigenvalue weighted by atomic mass is 16.2. The van der Waals surface area contributed by atoms with Crippen molar-refractivity contribution in [2.75, 3.05) is 0 Å². The van der Waals surface area contributed by atoms with Gasteiger partial charge in [0.15, 0.2) is 5.96 Å². The van der Waals surface area contributed by atoms with Crippen LogP contribution >= 0.6 is 0 Å². The van der Waals surface area contributed by atoms with Crippen LogP contribution in [-0.2, 0) is 10.3 Å². The van der Waals surface area contributed by atoms with Gasteiger partial charge >= 0.3 is 0 Å². The molecule has 1 atom stereocenters. The minimum Gasteiger partial charge on any atom is -0.338 e. The monoisotopic (exact) mass is 243 g/mol. The van der Waals surface area contributed by atoms with E-state index in [-0.39, 0.29) is 5.91 Å². The molecule has 0 bridgehead atoms. The summed E-state index contributed by atoms with van der Waals surface area (Å²) in [5.41, 5.74) is 1.40. The zero-order valence-corrected chi connectivity index (χ0v) is 10.7. The van der Waals surface area contributed by atoms with Crippen molar-refractivity contribution in [3.05, 3.63) is 35.4 Å². The molecule has 4 heteroatoms. The number of hydrogen-bond donors (Lipinski definition) is 2. The molecular formula is C14H17N3O. The first kappa shape index (κ1) is 11.3. The summed E-state index contributed by atoms with van der Waals surface area (Å²) in [5, 5.41) is 6.08. The van der Waals surface area contributed by atoms with E-state index in [4.69, 9.17) is 0 Å². The fourth-order valence-electron chi connectivity index (χ4n) is 2.33. The van der Waals surface area contributed by atoms with Gasteiger partial charge in [-0.1, -0.05) is 24.3 Å². The number of nitrogens with zero attached hydrogens (tertiary/aromatic N) is 1. The summed E-state index contributed by atoms with van der Waals surface area (Å²) in [4.78, 5) is 16.7. The van der Waals surface area contributed by atoms with Gasteiger partial charge < -0.3 is 5.32 Å². The third kappa shape index (κ3) is 1.78. The summed E-state index contributed by atoms with van der Waals surface area (Å²) in [6.45, 7) is 3.92. The Morgan fingerprint density at radius 1 is 1.33 bits per heavy atom. The van der Waals surface area contributed by atoms with Gasteiger partial charge in [-0.05, 0) is 37.8 Å². The Kier molecular flexibility index (Phi) is 2.40. The van der Waals surface area contributed by atoms with Crippen molar-refractivity contribution >= 4 is 11.9 Å². The van der Waals surface area contributed by atoms with Crippen molar-refractivity contribution in [1.29, 1.82) is 0 Å². The van der Waals surface area contributed by atoms with Gasteiger partial charge in [0, 0.05) is 0 Å². The number of hydrogen-bond acceptors (Lipinski definition) is 2. The molecule has 0 aromatic heterocycles.